The number of carbonyl (C=O) groups is 1. The lowest BCUT2D eigenvalue weighted by Gasteiger charge is -2.42. The molecule has 53 heavy (non-hydrogen) atoms. The first-order valence-corrected chi connectivity index (χ1v) is 17.3. The molecule has 0 unspecified atom stereocenters. The number of hydrogen-bond donors (Lipinski definition) is 0. The van der Waals surface area contributed by atoms with Gasteiger partial charge >= 0.3 is 18.3 Å². The summed E-state index contributed by atoms with van der Waals surface area (Å²) in [6, 6.07) is 0.584. The molecule has 2 aliphatic heterocycles. The second-order valence-electron chi connectivity index (χ2n) is 15.5. The molecule has 2 aromatic heterocycles. The molecule has 1 amide bonds. The Kier molecular flexibility index (Phi) is 8.75. The summed E-state index contributed by atoms with van der Waals surface area (Å²) in [5.41, 5.74) is -6.61. The van der Waals surface area contributed by atoms with E-state index >= 15 is 8.78 Å². The van der Waals surface area contributed by atoms with Gasteiger partial charge in [0.2, 0.25) is 0 Å². The van der Waals surface area contributed by atoms with E-state index in [1.165, 1.54) is 13.2 Å². The molecular weight excluding hydrogens is 735 g/mol. The summed E-state index contributed by atoms with van der Waals surface area (Å²) in [6.07, 6.45) is -3.73. The highest BCUT2D eigenvalue weighted by Crippen LogP contribution is 2.60. The summed E-state index contributed by atoms with van der Waals surface area (Å²) >= 11 is 6.12. The third-order valence-electron chi connectivity index (χ3n) is 10.0. The molecule has 2 saturated heterocycles. The van der Waals surface area contributed by atoms with Crippen LogP contribution in [0.15, 0.2) is 18.3 Å². The van der Waals surface area contributed by atoms with E-state index < -0.39 is 87.1 Å². The van der Waals surface area contributed by atoms with Crippen molar-refractivity contribution in [3.63, 3.8) is 0 Å². The number of nitrogens with zero attached hydrogens (tertiary/aromatic N) is 7. The zero-order chi connectivity index (χ0) is 38.6. The highest BCUT2D eigenvalue weighted by atomic mass is 35.5. The normalized spacial score (nSPS) is 22.7. The molecule has 4 heterocycles. The van der Waals surface area contributed by atoms with Crippen LogP contribution in [0.4, 0.5) is 41.3 Å². The summed E-state index contributed by atoms with van der Waals surface area (Å²) in [7, 11) is 4.58. The van der Waals surface area contributed by atoms with Crippen molar-refractivity contribution in [2.45, 2.75) is 69.8 Å². The number of fused-ring (bicyclic) bond motifs is 4. The minimum absolute atomic E-state index is 0.0351. The van der Waals surface area contributed by atoms with Crippen molar-refractivity contribution in [3.05, 3.63) is 40.6 Å². The fourth-order valence-electron chi connectivity index (χ4n) is 7.78. The van der Waals surface area contributed by atoms with Gasteiger partial charge in [-0.25, -0.2) is 22.4 Å². The van der Waals surface area contributed by atoms with E-state index in [4.69, 9.17) is 21.1 Å². The van der Waals surface area contributed by atoms with Gasteiger partial charge in [0.15, 0.2) is 5.82 Å². The number of aromatic nitrogens is 4. The van der Waals surface area contributed by atoms with Crippen molar-refractivity contribution in [3.8, 4) is 17.1 Å². The number of ether oxygens (including phenoxy) is 2. The van der Waals surface area contributed by atoms with Crippen molar-refractivity contribution in [2.75, 3.05) is 45.2 Å². The standard InChI is InChI=1S/C35H37ClF7N7O3/c1-32(2,3)53-31(51)50-18-7-8-19(50)13-49(12-18)29-20-10-22(37)23(24-25(35(41,42)43)21(36)9-17-11-44-48(6)28(17)24)26(38)27(20)45-30(46-29)52-16-33(15-47(4)5)14-34(33,39)40/h9-11,18-19H,7-8,12-16H2,1-6H3/t18-,19+,33-/m1/s1. The zero-order valence-electron chi connectivity index (χ0n) is 29.7. The minimum Gasteiger partial charge on any atom is -0.463 e. The van der Waals surface area contributed by atoms with E-state index in [1.807, 2.05) is 0 Å². The second kappa shape index (κ2) is 12.5. The Hall–Kier alpha value is -4.12. The molecule has 18 heteroatoms. The van der Waals surface area contributed by atoms with Crippen molar-refractivity contribution in [1.82, 2.24) is 29.5 Å². The molecule has 0 radical (unpaired) electrons. The summed E-state index contributed by atoms with van der Waals surface area (Å²) < 4.78 is 119. The molecule has 0 N–H and O–H groups in total. The molecule has 7 rings (SSSR count). The Balaban J connectivity index is 1.39. The Bertz CT molecular complexity index is 2120. The van der Waals surface area contributed by atoms with Crippen LogP contribution in [0.3, 0.4) is 0 Å². The van der Waals surface area contributed by atoms with Gasteiger partial charge < -0.3 is 19.3 Å². The number of halogens is 8. The number of alkyl halides is 5. The average molecular weight is 772 g/mol. The number of amides is 1. The lowest BCUT2D eigenvalue weighted by atomic mass is 9.94. The number of carbonyl (C=O) groups excluding carboxylic acids is 1. The molecule has 286 valence electrons. The van der Waals surface area contributed by atoms with Crippen molar-refractivity contribution < 1.29 is 45.0 Å². The summed E-state index contributed by atoms with van der Waals surface area (Å²) in [4.78, 5) is 26.7. The average Bonchev–Trinajstić information content (AvgIpc) is 3.21. The maximum absolute atomic E-state index is 17.0. The number of rotatable bonds is 7. The molecule has 2 bridgehead atoms. The minimum atomic E-state index is -5.15. The predicted molar refractivity (Wildman–Crippen MR) is 182 cm³/mol. The number of anilines is 1. The van der Waals surface area contributed by atoms with Crippen LogP contribution in [0.1, 0.15) is 45.6 Å². The van der Waals surface area contributed by atoms with Crippen LogP contribution in [0, 0.1) is 17.0 Å². The van der Waals surface area contributed by atoms with E-state index in [9.17, 15) is 26.7 Å². The van der Waals surface area contributed by atoms with Crippen LogP contribution in [-0.2, 0) is 18.0 Å². The second-order valence-corrected chi connectivity index (χ2v) is 15.9. The number of benzene rings is 2. The molecule has 2 aromatic carbocycles. The fourth-order valence-corrected chi connectivity index (χ4v) is 8.10. The smallest absolute Gasteiger partial charge is 0.418 e. The van der Waals surface area contributed by atoms with E-state index in [0.717, 1.165) is 16.8 Å². The molecule has 3 fully saturated rings. The number of aryl methyl sites for hydroxylation is 1. The van der Waals surface area contributed by atoms with Gasteiger partial charge in [0.05, 0.1) is 45.4 Å². The zero-order valence-corrected chi connectivity index (χ0v) is 30.5. The molecular formula is C35H37ClF7N7O3. The van der Waals surface area contributed by atoms with Crippen LogP contribution in [0.2, 0.25) is 5.02 Å². The highest BCUT2D eigenvalue weighted by Gasteiger charge is 2.71. The lowest BCUT2D eigenvalue weighted by Crippen LogP contribution is -2.57. The Morgan fingerprint density at radius 2 is 1.70 bits per heavy atom. The quantitative estimate of drug-likeness (QED) is 0.177. The van der Waals surface area contributed by atoms with Gasteiger partial charge in [-0.3, -0.25) is 9.58 Å². The van der Waals surface area contributed by atoms with Crippen molar-refractivity contribution >= 4 is 45.3 Å². The third-order valence-corrected chi connectivity index (χ3v) is 10.3. The molecule has 1 saturated carbocycles. The highest BCUT2D eigenvalue weighted by molar-refractivity contribution is 6.33. The topological polar surface area (TPSA) is 88.9 Å². The molecule has 1 aliphatic carbocycles. The monoisotopic (exact) mass is 771 g/mol. The van der Waals surface area contributed by atoms with Gasteiger partial charge in [0, 0.05) is 49.4 Å². The predicted octanol–water partition coefficient (Wildman–Crippen LogP) is 7.69. The van der Waals surface area contributed by atoms with E-state index in [1.54, 1.807) is 49.6 Å². The summed E-state index contributed by atoms with van der Waals surface area (Å²) in [5.74, 6) is -5.93. The van der Waals surface area contributed by atoms with Crippen molar-refractivity contribution in [1.29, 1.82) is 0 Å². The first-order valence-electron chi connectivity index (χ1n) is 16.9. The first kappa shape index (κ1) is 37.2. The van der Waals surface area contributed by atoms with E-state index in [2.05, 4.69) is 15.1 Å². The number of hydrogen-bond acceptors (Lipinski definition) is 8. The summed E-state index contributed by atoms with van der Waals surface area (Å²) in [6.45, 7) is 4.93. The van der Waals surface area contributed by atoms with Gasteiger partial charge in [0.25, 0.3) is 5.92 Å². The lowest BCUT2D eigenvalue weighted by molar-refractivity contribution is -0.136. The SMILES string of the molecule is CN(C)C[C@@]1(COc2nc(N3C[C@H]4CC[C@@H](C3)N4C(=O)OC(C)(C)C)c3cc(F)c(-c4c(C(F)(F)F)c(Cl)cc5cnn(C)c45)c(F)c3n2)CC1(F)F. The molecule has 3 atom stereocenters. The Morgan fingerprint density at radius 1 is 1.06 bits per heavy atom. The van der Waals surface area contributed by atoms with Crippen LogP contribution in [0.5, 0.6) is 6.01 Å². The largest absolute Gasteiger partial charge is 0.463 e. The van der Waals surface area contributed by atoms with Gasteiger partial charge in [-0.15, -0.1) is 0 Å². The Labute approximate surface area is 304 Å². The molecule has 3 aliphatic rings. The molecule has 0 spiro atoms. The van der Waals surface area contributed by atoms with Gasteiger partial charge in [-0.05, 0) is 59.8 Å². The van der Waals surface area contributed by atoms with Gasteiger partial charge in [-0.1, -0.05) is 11.6 Å². The van der Waals surface area contributed by atoms with E-state index in [0.29, 0.717) is 12.8 Å². The van der Waals surface area contributed by atoms with Gasteiger partial charge in [-0.2, -0.15) is 28.2 Å². The maximum atomic E-state index is 17.0. The van der Waals surface area contributed by atoms with Crippen LogP contribution >= 0.6 is 11.6 Å². The van der Waals surface area contributed by atoms with Gasteiger partial charge in [0.1, 0.15) is 29.4 Å². The maximum Gasteiger partial charge on any atom is 0.418 e. The van der Waals surface area contributed by atoms with Crippen molar-refractivity contribution in [2.24, 2.45) is 12.5 Å². The number of piperazine rings is 1. The van der Waals surface area contributed by atoms with Crippen LogP contribution in [0.25, 0.3) is 32.9 Å². The first-order chi connectivity index (χ1) is 24.6. The summed E-state index contributed by atoms with van der Waals surface area (Å²) in [5, 5.41) is 3.10. The van der Waals surface area contributed by atoms with E-state index in [-0.39, 0.29) is 53.8 Å². The third kappa shape index (κ3) is 6.46. The molecule has 4 aromatic rings. The Morgan fingerprint density at radius 3 is 2.26 bits per heavy atom. The van der Waals surface area contributed by atoms with Crippen LogP contribution in [-0.4, -0.2) is 99.6 Å². The fraction of sp³-hybridized carbons (Fsp3) is 0.543. The van der Waals surface area contributed by atoms with Crippen LogP contribution < -0.4 is 9.64 Å². The molecule has 10 nitrogen and oxygen atoms in total.